The summed E-state index contributed by atoms with van der Waals surface area (Å²) in [5.74, 6) is 1.88. The normalized spacial score (nSPS) is 11.6. The van der Waals surface area contributed by atoms with E-state index in [2.05, 4.69) is 146 Å². The minimum absolute atomic E-state index is 0.618. The number of thiophene rings is 1. The van der Waals surface area contributed by atoms with Gasteiger partial charge in [0.1, 0.15) is 16.0 Å². The van der Waals surface area contributed by atoms with Crippen LogP contribution in [0.5, 0.6) is 0 Å². The molecule has 0 unspecified atom stereocenters. The van der Waals surface area contributed by atoms with Crippen molar-refractivity contribution in [3.8, 4) is 67.5 Å². The second kappa shape index (κ2) is 15.9. The molecule has 7 aromatic carbocycles. The summed E-state index contributed by atoms with van der Waals surface area (Å²) in [5.41, 5.74) is 14.9. The number of allylic oxidation sites excluding steroid dienone is 1. The van der Waals surface area contributed by atoms with Crippen molar-refractivity contribution < 1.29 is 0 Å². The van der Waals surface area contributed by atoms with E-state index in [0.29, 0.717) is 17.5 Å². The Kier molecular flexibility index (Phi) is 9.69. The Morgan fingerprint density at radius 2 is 0.883 bits per heavy atom. The minimum atomic E-state index is 0.618. The summed E-state index contributed by atoms with van der Waals surface area (Å²) in [6.45, 7) is 5.96. The molecule has 3 aromatic heterocycles. The maximum atomic E-state index is 5.05. The number of para-hydroxylation sites is 2. The second-order valence-electron chi connectivity index (χ2n) is 14.4. The van der Waals surface area contributed by atoms with E-state index in [0.717, 1.165) is 87.6 Å². The zero-order chi connectivity index (χ0) is 40.4. The van der Waals surface area contributed by atoms with E-state index in [1.165, 1.54) is 5.56 Å². The lowest BCUT2D eigenvalue weighted by Gasteiger charge is -2.11. The van der Waals surface area contributed by atoms with E-state index in [-0.39, 0.29) is 0 Å². The first kappa shape index (κ1) is 36.6. The molecular weight excluding hydrogens is 753 g/mol. The van der Waals surface area contributed by atoms with E-state index < -0.39 is 0 Å². The van der Waals surface area contributed by atoms with Crippen molar-refractivity contribution in [1.29, 1.82) is 0 Å². The van der Waals surface area contributed by atoms with Crippen LogP contribution < -0.4 is 0 Å². The number of benzene rings is 7. The highest BCUT2D eigenvalue weighted by Crippen LogP contribution is 2.43. The lowest BCUT2D eigenvalue weighted by molar-refractivity contribution is 1.07. The van der Waals surface area contributed by atoms with Gasteiger partial charge < -0.3 is 0 Å². The highest BCUT2D eigenvalue weighted by Gasteiger charge is 2.19. The Balaban J connectivity index is 0.959. The lowest BCUT2D eigenvalue weighted by Crippen LogP contribution is -2.00. The molecule has 10 aromatic rings. The van der Waals surface area contributed by atoms with Gasteiger partial charge in [-0.2, -0.15) is 0 Å². The molecule has 6 nitrogen and oxygen atoms in total. The maximum Gasteiger partial charge on any atom is 0.164 e. The SMILES string of the molecule is C=Nc1c(/C(=C\C)c2ccc(-c3cccc(-c4cccc(-c5nc(-c6ccccc6)nc(-c6ccc(-c7ccccc7)cc6)n5)c4)c3)cc2)sc2nc3ccccc3nc12. The fourth-order valence-electron chi connectivity index (χ4n) is 7.57. The molecule has 0 atom stereocenters. The number of fused-ring (bicyclic) bond motifs is 2. The van der Waals surface area contributed by atoms with Crippen LogP contribution >= 0.6 is 11.3 Å². The zero-order valence-corrected chi connectivity index (χ0v) is 33.5. The number of rotatable bonds is 9. The number of aromatic nitrogens is 5. The molecule has 0 aliphatic rings. The molecule has 0 radical (unpaired) electrons. The van der Waals surface area contributed by atoms with Crippen molar-refractivity contribution in [2.45, 2.75) is 6.92 Å². The average Bonchev–Trinajstić information content (AvgIpc) is 3.68. The molecule has 60 heavy (non-hydrogen) atoms. The molecule has 0 amide bonds. The minimum Gasteiger partial charge on any atom is -0.261 e. The Morgan fingerprint density at radius 1 is 0.450 bits per heavy atom. The highest BCUT2D eigenvalue weighted by molar-refractivity contribution is 7.20. The summed E-state index contributed by atoms with van der Waals surface area (Å²) < 4.78 is 0. The molecule has 0 saturated carbocycles. The summed E-state index contributed by atoms with van der Waals surface area (Å²) >= 11 is 1.60. The van der Waals surface area contributed by atoms with Crippen LogP contribution in [0, 0.1) is 0 Å². The third-order valence-electron chi connectivity index (χ3n) is 10.6. The smallest absolute Gasteiger partial charge is 0.164 e. The molecule has 284 valence electrons. The van der Waals surface area contributed by atoms with E-state index in [1.807, 2.05) is 60.7 Å². The molecule has 7 heteroatoms. The maximum absolute atomic E-state index is 5.05. The van der Waals surface area contributed by atoms with Crippen molar-refractivity contribution in [3.63, 3.8) is 0 Å². The van der Waals surface area contributed by atoms with E-state index in [4.69, 9.17) is 24.9 Å². The van der Waals surface area contributed by atoms with Gasteiger partial charge in [0.15, 0.2) is 17.5 Å². The van der Waals surface area contributed by atoms with Crippen molar-refractivity contribution in [2.75, 3.05) is 0 Å². The van der Waals surface area contributed by atoms with Crippen LogP contribution in [0.2, 0.25) is 0 Å². The molecule has 0 fully saturated rings. The Hall–Kier alpha value is -7.74. The van der Waals surface area contributed by atoms with Gasteiger partial charge in [0.25, 0.3) is 0 Å². The van der Waals surface area contributed by atoms with E-state index in [9.17, 15) is 0 Å². The van der Waals surface area contributed by atoms with Crippen LogP contribution in [0.15, 0.2) is 193 Å². The fourth-order valence-corrected chi connectivity index (χ4v) is 8.75. The molecule has 10 rings (SSSR count). The summed E-state index contributed by atoms with van der Waals surface area (Å²) in [4.78, 5) is 31.1. The Bertz CT molecular complexity index is 3210. The van der Waals surface area contributed by atoms with Gasteiger partial charge in [-0.05, 0) is 82.4 Å². The average molecular weight is 789 g/mol. The molecule has 3 heterocycles. The molecule has 0 spiro atoms. The molecule has 0 aliphatic heterocycles. The molecule has 0 saturated heterocycles. The number of aliphatic imine (C=N–C) groups is 1. The predicted molar refractivity (Wildman–Crippen MR) is 249 cm³/mol. The topological polar surface area (TPSA) is 76.8 Å². The quantitative estimate of drug-likeness (QED) is 0.136. The molecule has 0 bridgehead atoms. The fraction of sp³-hybridized carbons (Fsp3) is 0.0189. The monoisotopic (exact) mass is 788 g/mol. The third kappa shape index (κ3) is 7.08. The summed E-state index contributed by atoms with van der Waals surface area (Å²) in [7, 11) is 0. The van der Waals surface area contributed by atoms with Crippen LogP contribution in [0.1, 0.15) is 17.4 Å². The van der Waals surface area contributed by atoms with Gasteiger partial charge in [0.05, 0.1) is 15.9 Å². The van der Waals surface area contributed by atoms with E-state index >= 15 is 0 Å². The summed E-state index contributed by atoms with van der Waals surface area (Å²) in [6, 6.07) is 62.6. The number of hydrogen-bond acceptors (Lipinski definition) is 7. The molecular formula is C53H36N6S. The Labute approximate surface area is 352 Å². The number of hydrogen-bond donors (Lipinski definition) is 0. The van der Waals surface area contributed by atoms with E-state index in [1.54, 1.807) is 11.3 Å². The van der Waals surface area contributed by atoms with Crippen molar-refractivity contribution in [3.05, 3.63) is 199 Å². The van der Waals surface area contributed by atoms with Crippen LogP contribution in [0.4, 0.5) is 5.69 Å². The van der Waals surface area contributed by atoms with Crippen LogP contribution in [0.25, 0.3) is 94.5 Å². The first-order chi connectivity index (χ1) is 29.6. The van der Waals surface area contributed by atoms with Gasteiger partial charge in [0, 0.05) is 16.7 Å². The Morgan fingerprint density at radius 3 is 1.50 bits per heavy atom. The third-order valence-corrected chi connectivity index (χ3v) is 11.7. The van der Waals surface area contributed by atoms with Crippen molar-refractivity contribution in [1.82, 2.24) is 24.9 Å². The van der Waals surface area contributed by atoms with Gasteiger partial charge in [-0.1, -0.05) is 164 Å². The van der Waals surface area contributed by atoms with Gasteiger partial charge >= 0.3 is 0 Å². The van der Waals surface area contributed by atoms with Crippen LogP contribution in [0.3, 0.4) is 0 Å². The largest absolute Gasteiger partial charge is 0.261 e. The van der Waals surface area contributed by atoms with Crippen molar-refractivity contribution in [2.24, 2.45) is 4.99 Å². The second-order valence-corrected chi connectivity index (χ2v) is 15.4. The summed E-state index contributed by atoms with van der Waals surface area (Å²) in [5, 5.41) is 0. The van der Waals surface area contributed by atoms with Crippen molar-refractivity contribution >= 4 is 50.7 Å². The van der Waals surface area contributed by atoms with Gasteiger partial charge in [0.2, 0.25) is 0 Å². The highest BCUT2D eigenvalue weighted by atomic mass is 32.1. The first-order valence-electron chi connectivity index (χ1n) is 19.7. The van der Waals surface area contributed by atoms with Crippen LogP contribution in [-0.4, -0.2) is 31.6 Å². The standard InChI is InChI=1S/C53H36N6S/c1-3-44(49-47(54-2)48-53(60-49)56-46-23-11-10-22-45(46)55-48)37-28-24-36(25-29-37)40-18-12-19-41(32-40)42-20-13-21-43(33-42)52-58-50(38-16-8-5-9-17-38)57-51(59-52)39-30-26-35(27-31-39)34-14-6-4-7-15-34/h3-33H,2H2,1H3/b44-3-. The molecule has 0 aliphatic carbocycles. The lowest BCUT2D eigenvalue weighted by atomic mass is 9.96. The predicted octanol–water partition coefficient (Wildman–Crippen LogP) is 13.8. The summed E-state index contributed by atoms with van der Waals surface area (Å²) in [6.07, 6.45) is 2.13. The van der Waals surface area contributed by atoms with Gasteiger partial charge in [-0.15, -0.1) is 11.3 Å². The van der Waals surface area contributed by atoms with Gasteiger partial charge in [-0.3, -0.25) is 4.99 Å². The molecule has 0 N–H and O–H groups in total. The number of nitrogens with zero attached hydrogens (tertiary/aromatic N) is 6. The first-order valence-corrected chi connectivity index (χ1v) is 20.6. The zero-order valence-electron chi connectivity index (χ0n) is 32.7. The van der Waals surface area contributed by atoms with Gasteiger partial charge in [-0.25, -0.2) is 24.9 Å². The van der Waals surface area contributed by atoms with Crippen LogP contribution in [-0.2, 0) is 0 Å².